The molecule has 2 N–H and O–H groups in total. The van der Waals surface area contributed by atoms with Gasteiger partial charge in [-0.2, -0.15) is 4.98 Å². The maximum absolute atomic E-state index is 11.6. The van der Waals surface area contributed by atoms with Crippen LogP contribution < -0.4 is 11.4 Å². The highest BCUT2D eigenvalue weighted by Gasteiger charge is 1.98. The molecule has 0 amide bonds. The topological polar surface area (TPSA) is 60.9 Å². The van der Waals surface area contributed by atoms with Crippen LogP contribution in [0.1, 0.15) is 116 Å². The highest BCUT2D eigenvalue weighted by atomic mass is 16.1. The fraction of sp³-hybridized carbons (Fsp3) is 0.826. The van der Waals surface area contributed by atoms with Gasteiger partial charge in [0.25, 0.3) is 0 Å². The summed E-state index contributed by atoms with van der Waals surface area (Å²) in [5, 5.41) is 0. The number of nitrogen functional groups attached to an aromatic ring is 1. The fourth-order valence-corrected chi connectivity index (χ4v) is 3.62. The van der Waals surface area contributed by atoms with Gasteiger partial charge in [-0.3, -0.25) is 4.57 Å². The molecule has 1 heterocycles. The Morgan fingerprint density at radius 3 is 1.56 bits per heavy atom. The monoisotopic (exact) mass is 377 g/mol. The minimum Gasteiger partial charge on any atom is -0.383 e. The number of hydrogen-bond acceptors (Lipinski definition) is 3. The second-order valence-electron chi connectivity index (χ2n) is 7.99. The molecular formula is C23H43N3O. The number of nitrogens with zero attached hydrogens (tertiary/aromatic N) is 2. The predicted octanol–water partition coefficient (Wildman–Crippen LogP) is 6.48. The van der Waals surface area contributed by atoms with Crippen molar-refractivity contribution in [3.63, 3.8) is 0 Å². The van der Waals surface area contributed by atoms with Crippen LogP contribution in [0, 0.1) is 0 Å². The summed E-state index contributed by atoms with van der Waals surface area (Å²) in [5.74, 6) is 0.304. The van der Waals surface area contributed by atoms with Crippen LogP contribution >= 0.6 is 0 Å². The molecule has 0 unspecified atom stereocenters. The van der Waals surface area contributed by atoms with Crippen LogP contribution in [0.5, 0.6) is 0 Å². The molecule has 4 heteroatoms. The van der Waals surface area contributed by atoms with Crippen LogP contribution in [0.3, 0.4) is 0 Å². The molecule has 0 atom stereocenters. The molecule has 1 rings (SSSR count). The third-order valence-corrected chi connectivity index (χ3v) is 5.40. The maximum atomic E-state index is 11.6. The molecule has 0 aliphatic heterocycles. The Bertz CT molecular complexity index is 513. The Balaban J connectivity index is 1.78. The molecule has 27 heavy (non-hydrogen) atoms. The van der Waals surface area contributed by atoms with Gasteiger partial charge in [-0.1, -0.05) is 110 Å². The zero-order chi connectivity index (χ0) is 19.6. The van der Waals surface area contributed by atoms with E-state index in [0.29, 0.717) is 5.82 Å². The molecule has 1 aromatic heterocycles. The van der Waals surface area contributed by atoms with E-state index < -0.39 is 0 Å². The minimum absolute atomic E-state index is 0.230. The second kappa shape index (κ2) is 16.8. The summed E-state index contributed by atoms with van der Waals surface area (Å²) in [4.78, 5) is 15.4. The van der Waals surface area contributed by atoms with E-state index in [9.17, 15) is 4.79 Å². The van der Waals surface area contributed by atoms with Crippen LogP contribution in [0.15, 0.2) is 17.1 Å². The van der Waals surface area contributed by atoms with Gasteiger partial charge in [0, 0.05) is 12.7 Å². The first-order valence-corrected chi connectivity index (χ1v) is 11.6. The normalized spacial score (nSPS) is 11.1. The molecule has 0 aliphatic carbocycles. The molecule has 0 saturated carbocycles. The fourth-order valence-electron chi connectivity index (χ4n) is 3.62. The van der Waals surface area contributed by atoms with E-state index in [1.165, 1.54) is 103 Å². The lowest BCUT2D eigenvalue weighted by Gasteiger charge is -2.05. The summed E-state index contributed by atoms with van der Waals surface area (Å²) in [7, 11) is 0. The maximum Gasteiger partial charge on any atom is 0.349 e. The van der Waals surface area contributed by atoms with E-state index in [0.717, 1.165) is 13.0 Å². The molecule has 4 nitrogen and oxygen atoms in total. The first-order chi connectivity index (χ1) is 13.2. The minimum atomic E-state index is -0.230. The lowest BCUT2D eigenvalue weighted by Crippen LogP contribution is -2.23. The number of hydrogen-bond donors (Lipinski definition) is 1. The van der Waals surface area contributed by atoms with E-state index >= 15 is 0 Å². The van der Waals surface area contributed by atoms with E-state index in [1.807, 2.05) is 0 Å². The molecular weight excluding hydrogens is 334 g/mol. The van der Waals surface area contributed by atoms with Gasteiger partial charge in [0.05, 0.1) is 0 Å². The second-order valence-corrected chi connectivity index (χ2v) is 7.99. The van der Waals surface area contributed by atoms with Gasteiger partial charge in [-0.25, -0.2) is 4.79 Å². The molecule has 0 fully saturated rings. The highest BCUT2D eigenvalue weighted by Crippen LogP contribution is 2.14. The quantitative estimate of drug-likeness (QED) is 0.298. The Hall–Kier alpha value is -1.32. The predicted molar refractivity (Wildman–Crippen MR) is 117 cm³/mol. The third-order valence-electron chi connectivity index (χ3n) is 5.40. The van der Waals surface area contributed by atoms with Crippen molar-refractivity contribution in [2.45, 2.75) is 123 Å². The lowest BCUT2D eigenvalue weighted by molar-refractivity contribution is 0.516. The Kier molecular flexibility index (Phi) is 14.8. The summed E-state index contributed by atoms with van der Waals surface area (Å²) >= 11 is 0. The molecule has 1 aromatic rings. The lowest BCUT2D eigenvalue weighted by atomic mass is 10.0. The molecule has 0 bridgehead atoms. The van der Waals surface area contributed by atoms with Crippen molar-refractivity contribution in [2.75, 3.05) is 5.73 Å². The van der Waals surface area contributed by atoms with Crippen LogP contribution in [-0.2, 0) is 6.54 Å². The molecule has 156 valence electrons. The van der Waals surface area contributed by atoms with E-state index in [1.54, 1.807) is 16.8 Å². The van der Waals surface area contributed by atoms with Gasteiger partial charge >= 0.3 is 5.69 Å². The summed E-state index contributed by atoms with van der Waals surface area (Å²) < 4.78 is 1.65. The van der Waals surface area contributed by atoms with E-state index in [4.69, 9.17) is 5.73 Å². The zero-order valence-corrected chi connectivity index (χ0v) is 17.8. The van der Waals surface area contributed by atoms with Gasteiger partial charge in [0.1, 0.15) is 5.82 Å². The molecule has 0 saturated heterocycles. The van der Waals surface area contributed by atoms with Crippen LogP contribution in [0.4, 0.5) is 5.82 Å². The van der Waals surface area contributed by atoms with Crippen molar-refractivity contribution < 1.29 is 0 Å². The zero-order valence-electron chi connectivity index (χ0n) is 17.8. The number of aryl methyl sites for hydroxylation is 1. The summed E-state index contributed by atoms with van der Waals surface area (Å²) in [6.45, 7) is 3.04. The van der Waals surface area contributed by atoms with Gasteiger partial charge in [0.15, 0.2) is 0 Å². The number of anilines is 1. The molecule has 0 radical (unpaired) electrons. The Labute approximate surface area is 167 Å². The van der Waals surface area contributed by atoms with E-state index in [2.05, 4.69) is 11.9 Å². The van der Waals surface area contributed by atoms with Gasteiger partial charge in [-0.05, 0) is 12.5 Å². The Morgan fingerprint density at radius 1 is 0.741 bits per heavy atom. The van der Waals surface area contributed by atoms with Crippen molar-refractivity contribution in [2.24, 2.45) is 0 Å². The SMILES string of the molecule is CCCCCCCCCCCCCCCCCCCn1ccc(N)nc1=O. The van der Waals surface area contributed by atoms with Crippen molar-refractivity contribution in [1.82, 2.24) is 9.55 Å². The van der Waals surface area contributed by atoms with Crippen molar-refractivity contribution in [3.05, 3.63) is 22.7 Å². The number of rotatable bonds is 18. The standard InChI is InChI=1S/C23H43N3O/c1-2-3-4-5-6-7-8-9-10-11-12-13-14-15-16-17-18-20-26-21-19-22(24)25-23(26)27/h19,21H,2-18,20H2,1H3,(H2,24,25,27). The molecule has 0 aromatic carbocycles. The van der Waals surface area contributed by atoms with Gasteiger partial charge < -0.3 is 5.73 Å². The van der Waals surface area contributed by atoms with Crippen LogP contribution in [0.2, 0.25) is 0 Å². The smallest absolute Gasteiger partial charge is 0.349 e. The third kappa shape index (κ3) is 13.5. The van der Waals surface area contributed by atoms with Crippen molar-refractivity contribution >= 4 is 5.82 Å². The van der Waals surface area contributed by atoms with Crippen molar-refractivity contribution in [1.29, 1.82) is 0 Å². The summed E-state index contributed by atoms with van der Waals surface area (Å²) in [6, 6.07) is 1.69. The van der Waals surface area contributed by atoms with Crippen LogP contribution in [-0.4, -0.2) is 9.55 Å². The van der Waals surface area contributed by atoms with Gasteiger partial charge in [-0.15, -0.1) is 0 Å². The highest BCUT2D eigenvalue weighted by molar-refractivity contribution is 5.23. The Morgan fingerprint density at radius 2 is 1.15 bits per heavy atom. The summed E-state index contributed by atoms with van der Waals surface area (Å²) in [6.07, 6.45) is 25.0. The largest absolute Gasteiger partial charge is 0.383 e. The van der Waals surface area contributed by atoms with Crippen LogP contribution in [0.25, 0.3) is 0 Å². The number of aromatic nitrogens is 2. The average Bonchev–Trinajstić information content (AvgIpc) is 2.65. The van der Waals surface area contributed by atoms with Crippen molar-refractivity contribution in [3.8, 4) is 0 Å². The number of nitrogens with two attached hydrogens (primary N) is 1. The average molecular weight is 378 g/mol. The number of unbranched alkanes of at least 4 members (excludes halogenated alkanes) is 16. The summed E-state index contributed by atoms with van der Waals surface area (Å²) in [5.41, 5.74) is 5.27. The first-order valence-electron chi connectivity index (χ1n) is 11.6. The molecule has 0 aliphatic rings. The first kappa shape index (κ1) is 23.7. The van der Waals surface area contributed by atoms with E-state index in [-0.39, 0.29) is 5.69 Å². The van der Waals surface area contributed by atoms with Gasteiger partial charge in [0.2, 0.25) is 0 Å². The molecule has 0 spiro atoms.